The molecule has 1 aromatic rings. The maximum absolute atomic E-state index is 12.1. The molecule has 1 fully saturated rings. The van der Waals surface area contributed by atoms with Crippen molar-refractivity contribution in [3.63, 3.8) is 0 Å². The summed E-state index contributed by atoms with van der Waals surface area (Å²) in [7, 11) is 0. The first-order valence-electron chi connectivity index (χ1n) is 5.88. The van der Waals surface area contributed by atoms with Gasteiger partial charge in [0.05, 0.1) is 12.6 Å². The van der Waals surface area contributed by atoms with Crippen LogP contribution in [0.3, 0.4) is 0 Å². The van der Waals surface area contributed by atoms with Gasteiger partial charge in [-0.1, -0.05) is 0 Å². The third-order valence-corrected chi connectivity index (χ3v) is 3.63. The highest BCUT2D eigenvalue weighted by Gasteiger charge is 2.27. The first-order valence-corrected chi connectivity index (χ1v) is 6.67. The lowest BCUT2D eigenvalue weighted by Gasteiger charge is -2.23. The molecule has 98 valence electrons. The molecule has 1 saturated heterocycles. The highest BCUT2D eigenvalue weighted by molar-refractivity contribution is 9.10. The lowest BCUT2D eigenvalue weighted by Crippen LogP contribution is -2.40. The molecule has 1 N–H and O–H groups in total. The van der Waals surface area contributed by atoms with Crippen molar-refractivity contribution in [3.8, 4) is 0 Å². The van der Waals surface area contributed by atoms with Gasteiger partial charge < -0.3 is 14.6 Å². The van der Waals surface area contributed by atoms with E-state index in [2.05, 4.69) is 15.9 Å². The normalized spacial score (nSPS) is 19.2. The van der Waals surface area contributed by atoms with Crippen molar-refractivity contribution in [2.45, 2.75) is 25.4 Å². The van der Waals surface area contributed by atoms with Crippen molar-refractivity contribution in [2.24, 2.45) is 0 Å². The summed E-state index contributed by atoms with van der Waals surface area (Å²) < 4.78 is 2.13. The number of amides is 1. The summed E-state index contributed by atoms with van der Waals surface area (Å²) in [6, 6.07) is 2.97. The van der Waals surface area contributed by atoms with Gasteiger partial charge in [0.2, 0.25) is 5.91 Å². The Morgan fingerprint density at radius 3 is 3.00 bits per heavy atom. The zero-order chi connectivity index (χ0) is 13.1. The molecule has 1 atom stereocenters. The largest absolute Gasteiger partial charge is 0.394 e. The van der Waals surface area contributed by atoms with E-state index in [1.807, 2.05) is 0 Å². The Balaban J connectivity index is 2.11. The number of carbonyl (C=O) groups excluding carboxylic acids is 1. The fourth-order valence-corrected chi connectivity index (χ4v) is 2.60. The van der Waals surface area contributed by atoms with Crippen LogP contribution < -0.4 is 5.56 Å². The topological polar surface area (TPSA) is 62.5 Å². The molecule has 0 aliphatic carbocycles. The molecule has 6 heteroatoms. The minimum Gasteiger partial charge on any atom is -0.394 e. The van der Waals surface area contributed by atoms with E-state index in [0.29, 0.717) is 6.54 Å². The SMILES string of the molecule is O=C(Cn1cc(Br)ccc1=O)N1CCC[C@@H]1CO. The molecule has 1 amide bonds. The molecule has 0 spiro atoms. The molecule has 1 aliphatic heterocycles. The van der Waals surface area contributed by atoms with Gasteiger partial charge in [-0.2, -0.15) is 0 Å². The van der Waals surface area contributed by atoms with E-state index < -0.39 is 0 Å². The van der Waals surface area contributed by atoms with Gasteiger partial charge in [0.25, 0.3) is 5.56 Å². The van der Waals surface area contributed by atoms with Gasteiger partial charge in [-0.05, 0) is 34.8 Å². The van der Waals surface area contributed by atoms with E-state index >= 15 is 0 Å². The standard InChI is InChI=1S/C12H15BrN2O3/c13-9-3-4-11(17)14(6-9)7-12(18)15-5-1-2-10(15)8-16/h3-4,6,10,16H,1-2,5,7-8H2/t10-/m1/s1. The second-order valence-electron chi connectivity index (χ2n) is 4.38. The van der Waals surface area contributed by atoms with Crippen molar-refractivity contribution in [3.05, 3.63) is 33.2 Å². The number of aromatic nitrogens is 1. The molecule has 0 unspecified atom stereocenters. The van der Waals surface area contributed by atoms with Gasteiger partial charge in [-0.3, -0.25) is 9.59 Å². The van der Waals surface area contributed by atoms with Gasteiger partial charge in [0.1, 0.15) is 6.54 Å². The van der Waals surface area contributed by atoms with Crippen LogP contribution in [0.1, 0.15) is 12.8 Å². The molecule has 5 nitrogen and oxygen atoms in total. The van der Waals surface area contributed by atoms with E-state index in [0.717, 1.165) is 17.3 Å². The molecule has 0 aromatic carbocycles. The summed E-state index contributed by atoms with van der Waals surface area (Å²) in [5.41, 5.74) is -0.203. The maximum atomic E-state index is 12.1. The zero-order valence-corrected chi connectivity index (χ0v) is 11.5. The second-order valence-corrected chi connectivity index (χ2v) is 5.29. The summed E-state index contributed by atoms with van der Waals surface area (Å²) in [6.07, 6.45) is 3.34. The van der Waals surface area contributed by atoms with Crippen LogP contribution in [0.4, 0.5) is 0 Å². The summed E-state index contributed by atoms with van der Waals surface area (Å²) in [5.74, 6) is -0.119. The van der Waals surface area contributed by atoms with Crippen LogP contribution in [0, 0.1) is 0 Å². The lowest BCUT2D eigenvalue weighted by molar-refractivity contribution is -0.133. The molecule has 0 bridgehead atoms. The minimum atomic E-state index is -0.203. The van der Waals surface area contributed by atoms with Crippen molar-refractivity contribution >= 4 is 21.8 Å². The number of pyridine rings is 1. The Morgan fingerprint density at radius 1 is 1.50 bits per heavy atom. The van der Waals surface area contributed by atoms with Crippen LogP contribution >= 0.6 is 15.9 Å². The fourth-order valence-electron chi connectivity index (χ4n) is 2.22. The number of aliphatic hydroxyl groups excluding tert-OH is 1. The minimum absolute atomic E-state index is 0.0148. The molecule has 0 radical (unpaired) electrons. The van der Waals surface area contributed by atoms with Gasteiger partial charge in [0, 0.05) is 23.3 Å². The predicted octanol–water partition coefficient (Wildman–Crippen LogP) is 0.594. The van der Waals surface area contributed by atoms with Gasteiger partial charge in [-0.25, -0.2) is 0 Å². The smallest absolute Gasteiger partial charge is 0.251 e. The van der Waals surface area contributed by atoms with E-state index in [-0.39, 0.29) is 30.7 Å². The molecular weight excluding hydrogens is 300 g/mol. The average Bonchev–Trinajstić information content (AvgIpc) is 2.82. The number of likely N-dealkylation sites (tertiary alicyclic amines) is 1. The van der Waals surface area contributed by atoms with Crippen LogP contribution in [-0.4, -0.2) is 39.7 Å². The summed E-state index contributed by atoms with van der Waals surface area (Å²) in [5, 5.41) is 9.18. The highest BCUT2D eigenvalue weighted by atomic mass is 79.9. The van der Waals surface area contributed by atoms with Crippen LogP contribution in [0.25, 0.3) is 0 Å². The van der Waals surface area contributed by atoms with E-state index in [1.54, 1.807) is 17.2 Å². The lowest BCUT2D eigenvalue weighted by atomic mass is 10.2. The van der Waals surface area contributed by atoms with E-state index in [4.69, 9.17) is 0 Å². The summed E-state index contributed by atoms with van der Waals surface area (Å²) in [6.45, 7) is 0.667. The van der Waals surface area contributed by atoms with Gasteiger partial charge in [0.15, 0.2) is 0 Å². The number of nitrogens with zero attached hydrogens (tertiary/aromatic N) is 2. The van der Waals surface area contributed by atoms with Crippen molar-refractivity contribution in [1.29, 1.82) is 0 Å². The molecule has 0 saturated carbocycles. The molecule has 2 heterocycles. The number of rotatable bonds is 3. The summed E-state index contributed by atoms with van der Waals surface area (Å²) >= 11 is 3.27. The Hall–Kier alpha value is -1.14. The monoisotopic (exact) mass is 314 g/mol. The predicted molar refractivity (Wildman–Crippen MR) is 70.2 cm³/mol. The Morgan fingerprint density at radius 2 is 2.28 bits per heavy atom. The molecular formula is C12H15BrN2O3. The van der Waals surface area contributed by atoms with Gasteiger partial charge in [-0.15, -0.1) is 0 Å². The van der Waals surface area contributed by atoms with Crippen LogP contribution in [-0.2, 0) is 11.3 Å². The fraction of sp³-hybridized carbons (Fsp3) is 0.500. The molecule has 2 rings (SSSR count). The molecule has 18 heavy (non-hydrogen) atoms. The van der Waals surface area contributed by atoms with E-state index in [1.165, 1.54) is 10.6 Å². The molecule has 1 aromatic heterocycles. The number of carbonyl (C=O) groups is 1. The van der Waals surface area contributed by atoms with Crippen LogP contribution in [0.2, 0.25) is 0 Å². The summed E-state index contributed by atoms with van der Waals surface area (Å²) in [4.78, 5) is 25.3. The van der Waals surface area contributed by atoms with Crippen molar-refractivity contribution < 1.29 is 9.90 Å². The first kappa shape index (κ1) is 13.3. The number of aliphatic hydroxyl groups is 1. The average molecular weight is 315 g/mol. The first-order chi connectivity index (χ1) is 8.61. The quantitative estimate of drug-likeness (QED) is 0.888. The van der Waals surface area contributed by atoms with Crippen molar-refractivity contribution in [1.82, 2.24) is 9.47 Å². The van der Waals surface area contributed by atoms with E-state index in [9.17, 15) is 14.7 Å². The Bertz CT molecular complexity index is 500. The Labute approximate surface area is 113 Å². The van der Waals surface area contributed by atoms with Gasteiger partial charge >= 0.3 is 0 Å². The molecule has 1 aliphatic rings. The number of hydrogen-bond donors (Lipinski definition) is 1. The van der Waals surface area contributed by atoms with Crippen molar-refractivity contribution in [2.75, 3.05) is 13.2 Å². The van der Waals surface area contributed by atoms with Crippen LogP contribution in [0.15, 0.2) is 27.6 Å². The Kier molecular flexibility index (Phi) is 4.19. The maximum Gasteiger partial charge on any atom is 0.251 e. The third kappa shape index (κ3) is 2.81. The highest BCUT2D eigenvalue weighted by Crippen LogP contribution is 2.17. The number of halogens is 1. The number of hydrogen-bond acceptors (Lipinski definition) is 3. The van der Waals surface area contributed by atoms with Crippen LogP contribution in [0.5, 0.6) is 0 Å². The second kappa shape index (κ2) is 5.67. The zero-order valence-electron chi connectivity index (χ0n) is 9.88. The third-order valence-electron chi connectivity index (χ3n) is 3.16.